The molecule has 0 heterocycles. The maximum Gasteiger partial charge on any atom is 0.0665 e. The van der Waals surface area contributed by atoms with Crippen molar-refractivity contribution in [2.75, 3.05) is 0 Å². The first-order valence-corrected chi connectivity index (χ1v) is 30.8. The third-order valence-corrected chi connectivity index (χ3v) is 14.5. The Kier molecular flexibility index (Phi) is 48.5. The molecule has 2 aromatic carbocycles. The first-order chi connectivity index (χ1) is 34.2. The molecule has 0 radical (unpaired) electrons. The van der Waals surface area contributed by atoms with Gasteiger partial charge in [0.15, 0.2) is 0 Å². The summed E-state index contributed by atoms with van der Waals surface area (Å²) < 4.78 is 0. The van der Waals surface area contributed by atoms with Crippen LogP contribution in [-0.2, 0) is 29.3 Å². The van der Waals surface area contributed by atoms with E-state index in [0.717, 1.165) is 38.5 Å². The Morgan fingerprint density at radius 2 is 0.543 bits per heavy atom. The molecule has 0 aromatic heterocycles. The van der Waals surface area contributed by atoms with Crippen LogP contribution in [0.1, 0.15) is 315 Å². The van der Waals surface area contributed by atoms with Crippen molar-refractivity contribution in [3.63, 3.8) is 0 Å². The molecule has 0 aliphatic carbocycles. The van der Waals surface area contributed by atoms with E-state index in [4.69, 9.17) is 9.98 Å². The minimum Gasteiger partial charge on any atom is -0.251 e. The zero-order valence-corrected chi connectivity index (χ0v) is 47.9. The van der Waals surface area contributed by atoms with E-state index < -0.39 is 0 Å². The maximum atomic E-state index is 5.67. The van der Waals surface area contributed by atoms with Crippen LogP contribution in [0.3, 0.4) is 0 Å². The topological polar surface area (TPSA) is 24.7 Å². The van der Waals surface area contributed by atoms with Gasteiger partial charge in [0, 0.05) is 16.5 Å². The Hall–Kier alpha value is -2.25. The summed E-state index contributed by atoms with van der Waals surface area (Å²) in [6.45, 7) is 9.25. The number of rotatable bonds is 50. The molecule has 2 aromatic rings. The van der Waals surface area contributed by atoms with Crippen molar-refractivity contribution in [1.29, 1.82) is 0 Å². The van der Waals surface area contributed by atoms with Gasteiger partial charge in [0.1, 0.15) is 0 Å². The Labute approximate surface area is 447 Å². The second kappa shape index (κ2) is 51.6. The van der Waals surface area contributed by atoms with E-state index in [9.17, 15) is 0 Å². The van der Waals surface area contributed by atoms with Gasteiger partial charge in [0.25, 0.3) is 0 Å². The van der Waals surface area contributed by atoms with Gasteiger partial charge in [-0.2, -0.15) is 0 Å². The molecule has 0 bridgehead atoms. The van der Waals surface area contributed by atoms with Crippen molar-refractivity contribution >= 4 is 22.8 Å². The molecule has 0 spiro atoms. The fourth-order valence-electron chi connectivity index (χ4n) is 9.95. The summed E-state index contributed by atoms with van der Waals surface area (Å²) in [5.74, 6) is 0. The van der Waals surface area contributed by atoms with Crippen LogP contribution in [0.15, 0.2) is 82.8 Å². The number of para-hydroxylation sites is 2. The van der Waals surface area contributed by atoms with E-state index in [1.807, 2.05) is 0 Å². The number of benzene rings is 2. The average molecular weight is 1010 g/mol. The SMILES string of the molecule is CCCCCCCCCCCC/C=C/CCCc1ccccc1/N=C(CCCCCCCC)\C(CCCCCCCCCCC)=N\c1ccccc1CCC/C=C/CCCCCCCCCCCC.[Ni]. The van der Waals surface area contributed by atoms with Crippen molar-refractivity contribution < 1.29 is 16.5 Å². The molecule has 70 heavy (non-hydrogen) atoms. The maximum absolute atomic E-state index is 5.67. The Balaban J connectivity index is 0.0000245. The van der Waals surface area contributed by atoms with E-state index in [2.05, 4.69) is 101 Å². The van der Waals surface area contributed by atoms with Gasteiger partial charge in [0.2, 0.25) is 0 Å². The Morgan fingerprint density at radius 3 is 0.843 bits per heavy atom. The van der Waals surface area contributed by atoms with Crippen LogP contribution in [0.25, 0.3) is 0 Å². The van der Waals surface area contributed by atoms with E-state index in [1.165, 1.54) is 284 Å². The fraction of sp³-hybridized carbons (Fsp3) is 0.731. The van der Waals surface area contributed by atoms with E-state index in [0.29, 0.717) is 0 Å². The molecule has 2 rings (SSSR count). The van der Waals surface area contributed by atoms with Crippen molar-refractivity contribution in [1.82, 2.24) is 0 Å². The van der Waals surface area contributed by atoms with Gasteiger partial charge in [-0.3, -0.25) is 9.98 Å². The van der Waals surface area contributed by atoms with E-state index in [1.54, 1.807) is 0 Å². The first kappa shape index (κ1) is 65.8. The summed E-state index contributed by atoms with van der Waals surface area (Å²) in [6, 6.07) is 18.1. The van der Waals surface area contributed by atoms with Gasteiger partial charge in [-0.15, -0.1) is 0 Å². The summed E-state index contributed by atoms with van der Waals surface area (Å²) in [4.78, 5) is 11.3. The van der Waals surface area contributed by atoms with Crippen molar-refractivity contribution in [2.24, 2.45) is 9.98 Å². The molecule has 402 valence electrons. The molecule has 0 amide bonds. The monoisotopic (exact) mass is 1000 g/mol. The average Bonchev–Trinajstić information content (AvgIpc) is 3.37. The predicted octanol–water partition coefficient (Wildman–Crippen LogP) is 23.6. The van der Waals surface area contributed by atoms with Crippen LogP contribution in [-0.4, -0.2) is 11.4 Å². The largest absolute Gasteiger partial charge is 0.251 e. The molecule has 3 heteroatoms. The van der Waals surface area contributed by atoms with Crippen LogP contribution < -0.4 is 0 Å². The standard InChI is InChI=1S/C67H114N2.Ni/c1-5-9-13-17-21-24-26-28-30-32-34-37-39-42-46-54-62-56-50-52-58-64(62)68-66(60-48-44-20-16-12-8-4)67(61-49-45-41-36-23-19-15-11-7-3)69-65-59-53-51-57-63(65)55-47-43-40-38-35-33-31-29-27-25-22-18-14-10-6-2;/h37-40,50-53,56-59H,5-36,41-49,54-55,60-61H2,1-4H3;/b39-37+,40-38+,68-66-,69-67+;. The molecule has 0 atom stereocenters. The van der Waals surface area contributed by atoms with Gasteiger partial charge in [0.05, 0.1) is 22.8 Å². The number of hydrogen-bond acceptors (Lipinski definition) is 2. The molecular weight excluding hydrogens is 891 g/mol. The molecule has 0 saturated carbocycles. The number of hydrogen-bond donors (Lipinski definition) is 0. The fourth-order valence-corrected chi connectivity index (χ4v) is 9.95. The molecule has 0 fully saturated rings. The Bertz CT molecular complexity index is 1530. The second-order valence-corrected chi connectivity index (χ2v) is 21.1. The summed E-state index contributed by atoms with van der Waals surface area (Å²) in [5, 5.41) is 0. The van der Waals surface area contributed by atoms with Crippen molar-refractivity contribution in [2.45, 2.75) is 317 Å². The predicted molar refractivity (Wildman–Crippen MR) is 314 cm³/mol. The molecule has 2 nitrogen and oxygen atoms in total. The van der Waals surface area contributed by atoms with Gasteiger partial charge < -0.3 is 0 Å². The third kappa shape index (κ3) is 38.4. The normalized spacial score (nSPS) is 12.2. The van der Waals surface area contributed by atoms with Crippen molar-refractivity contribution in [3.8, 4) is 0 Å². The zero-order valence-electron chi connectivity index (χ0n) is 47.0. The molecule has 0 aliphatic heterocycles. The number of allylic oxidation sites excluding steroid dienone is 4. The van der Waals surface area contributed by atoms with Crippen LogP contribution in [0.5, 0.6) is 0 Å². The second-order valence-electron chi connectivity index (χ2n) is 21.1. The smallest absolute Gasteiger partial charge is 0.0665 e. The molecule has 0 aliphatic rings. The van der Waals surface area contributed by atoms with Crippen molar-refractivity contribution in [3.05, 3.63) is 84.0 Å². The van der Waals surface area contributed by atoms with E-state index >= 15 is 0 Å². The van der Waals surface area contributed by atoms with Gasteiger partial charge >= 0.3 is 0 Å². The quantitative estimate of drug-likeness (QED) is 0.0273. The number of aryl methyl sites for hydroxylation is 2. The minimum absolute atomic E-state index is 0. The first-order valence-electron chi connectivity index (χ1n) is 30.8. The third-order valence-electron chi connectivity index (χ3n) is 14.5. The molecule has 0 unspecified atom stereocenters. The number of aliphatic imine (C=N–C) groups is 2. The van der Waals surface area contributed by atoms with Crippen LogP contribution in [0.2, 0.25) is 0 Å². The molecular formula is C67H114N2Ni. The van der Waals surface area contributed by atoms with Gasteiger partial charge in [-0.1, -0.05) is 287 Å². The van der Waals surface area contributed by atoms with Crippen LogP contribution in [0, 0.1) is 0 Å². The van der Waals surface area contributed by atoms with Crippen LogP contribution in [0.4, 0.5) is 11.4 Å². The van der Waals surface area contributed by atoms with Gasteiger partial charge in [-0.05, 0) is 113 Å². The Morgan fingerprint density at radius 1 is 0.300 bits per heavy atom. The van der Waals surface area contributed by atoms with E-state index in [-0.39, 0.29) is 16.5 Å². The van der Waals surface area contributed by atoms with Crippen LogP contribution >= 0.6 is 0 Å². The summed E-state index contributed by atoms with van der Waals surface area (Å²) >= 11 is 0. The molecule has 0 N–H and O–H groups in total. The summed E-state index contributed by atoms with van der Waals surface area (Å²) in [5.41, 5.74) is 7.63. The zero-order chi connectivity index (χ0) is 49.2. The summed E-state index contributed by atoms with van der Waals surface area (Å²) in [6.07, 6.45) is 69.2. The molecule has 0 saturated heterocycles. The number of unbranched alkanes of at least 4 members (excludes halogenated alkanes) is 35. The number of nitrogens with zero attached hydrogens (tertiary/aromatic N) is 2. The minimum atomic E-state index is 0. The summed E-state index contributed by atoms with van der Waals surface area (Å²) in [7, 11) is 0. The van der Waals surface area contributed by atoms with Gasteiger partial charge in [-0.25, -0.2) is 0 Å².